The van der Waals surface area contributed by atoms with E-state index in [-0.39, 0.29) is 23.6 Å². The highest BCUT2D eigenvalue weighted by Crippen LogP contribution is 2.30. The molecule has 0 amide bonds. The van der Waals surface area contributed by atoms with Crippen LogP contribution in [0.2, 0.25) is 0 Å². The van der Waals surface area contributed by atoms with E-state index in [4.69, 9.17) is 5.73 Å². The zero-order chi connectivity index (χ0) is 13.2. The normalized spacial score (nSPS) is 14.7. The Hall–Kier alpha value is -1.49. The average Bonchev–Trinajstić information content (AvgIpc) is 2.19. The molecule has 0 heterocycles. The van der Waals surface area contributed by atoms with Crippen LogP contribution in [-0.2, 0) is 0 Å². The Morgan fingerprint density at radius 2 is 1.94 bits per heavy atom. The lowest BCUT2D eigenvalue weighted by Gasteiger charge is -2.25. The van der Waals surface area contributed by atoms with E-state index in [1.54, 1.807) is 0 Å². The summed E-state index contributed by atoms with van der Waals surface area (Å²) < 4.78 is 13.8. The van der Waals surface area contributed by atoms with Crippen molar-refractivity contribution in [3.8, 4) is 0 Å². The van der Waals surface area contributed by atoms with E-state index in [1.807, 2.05) is 20.8 Å². The first-order valence-electron chi connectivity index (χ1n) is 5.54. The first-order chi connectivity index (χ1) is 7.84. The van der Waals surface area contributed by atoms with Crippen LogP contribution in [0, 0.1) is 21.8 Å². The first kappa shape index (κ1) is 13.6. The van der Waals surface area contributed by atoms with Crippen molar-refractivity contribution < 1.29 is 9.31 Å². The molecule has 0 bridgehead atoms. The molecule has 0 aliphatic carbocycles. The van der Waals surface area contributed by atoms with Crippen molar-refractivity contribution in [2.45, 2.75) is 32.7 Å². The lowest BCUT2D eigenvalue weighted by atomic mass is 9.83. The summed E-state index contributed by atoms with van der Waals surface area (Å²) in [5.41, 5.74) is 6.04. The zero-order valence-corrected chi connectivity index (χ0v) is 10.2. The highest BCUT2D eigenvalue weighted by Gasteiger charge is 2.24. The summed E-state index contributed by atoms with van der Waals surface area (Å²) in [7, 11) is 0. The summed E-state index contributed by atoms with van der Waals surface area (Å²) in [4.78, 5) is 9.91. The third-order valence-corrected chi connectivity index (χ3v) is 2.84. The van der Waals surface area contributed by atoms with Gasteiger partial charge in [-0.2, -0.15) is 0 Å². The Morgan fingerprint density at radius 3 is 2.29 bits per heavy atom. The van der Waals surface area contributed by atoms with Crippen molar-refractivity contribution in [3.63, 3.8) is 0 Å². The standard InChI is InChI=1S/C12H17FN2O2/c1-7(2)12(8(3)14)10-5-4-9(15(16)17)6-11(10)13/h4-8,12H,14H2,1-3H3. The van der Waals surface area contributed by atoms with Crippen LogP contribution in [0.1, 0.15) is 32.3 Å². The summed E-state index contributed by atoms with van der Waals surface area (Å²) in [5, 5.41) is 10.5. The molecule has 0 radical (unpaired) electrons. The number of nitro groups is 1. The fourth-order valence-corrected chi connectivity index (χ4v) is 2.15. The lowest BCUT2D eigenvalue weighted by molar-refractivity contribution is -0.385. The van der Waals surface area contributed by atoms with Gasteiger partial charge >= 0.3 is 0 Å². The third-order valence-electron chi connectivity index (χ3n) is 2.84. The van der Waals surface area contributed by atoms with Gasteiger partial charge in [0.25, 0.3) is 5.69 Å². The number of halogens is 1. The van der Waals surface area contributed by atoms with E-state index < -0.39 is 10.7 Å². The second kappa shape index (κ2) is 5.23. The summed E-state index contributed by atoms with van der Waals surface area (Å²) in [6.07, 6.45) is 0. The molecule has 0 aliphatic rings. The molecule has 1 aromatic carbocycles. The van der Waals surface area contributed by atoms with Gasteiger partial charge in [0.05, 0.1) is 11.0 Å². The highest BCUT2D eigenvalue weighted by molar-refractivity contribution is 5.36. The predicted molar refractivity (Wildman–Crippen MR) is 64.3 cm³/mol. The number of nitrogens with two attached hydrogens (primary N) is 1. The molecule has 1 rings (SSSR count). The van der Waals surface area contributed by atoms with Crippen LogP contribution in [0.5, 0.6) is 0 Å². The second-order valence-electron chi connectivity index (χ2n) is 4.59. The summed E-state index contributed by atoms with van der Waals surface area (Å²) >= 11 is 0. The smallest absolute Gasteiger partial charge is 0.272 e. The van der Waals surface area contributed by atoms with E-state index in [0.717, 1.165) is 6.07 Å². The van der Waals surface area contributed by atoms with Crippen LogP contribution < -0.4 is 5.73 Å². The van der Waals surface area contributed by atoms with Crippen molar-refractivity contribution in [3.05, 3.63) is 39.7 Å². The zero-order valence-electron chi connectivity index (χ0n) is 10.2. The van der Waals surface area contributed by atoms with Gasteiger partial charge in [-0.15, -0.1) is 0 Å². The van der Waals surface area contributed by atoms with Gasteiger partial charge in [0.2, 0.25) is 0 Å². The maximum Gasteiger partial charge on any atom is 0.272 e. The summed E-state index contributed by atoms with van der Waals surface area (Å²) in [5.74, 6) is -0.531. The predicted octanol–water partition coefficient (Wildman–Crippen LogP) is 2.82. The van der Waals surface area contributed by atoms with E-state index >= 15 is 0 Å². The summed E-state index contributed by atoms with van der Waals surface area (Å²) in [6.45, 7) is 5.72. The Kier molecular flexibility index (Phi) is 4.17. The van der Waals surface area contributed by atoms with Crippen molar-refractivity contribution in [2.24, 2.45) is 11.7 Å². The molecule has 2 unspecified atom stereocenters. The fourth-order valence-electron chi connectivity index (χ4n) is 2.15. The number of hydrogen-bond donors (Lipinski definition) is 1. The molecule has 2 N–H and O–H groups in total. The Bertz CT molecular complexity index is 411. The average molecular weight is 240 g/mol. The topological polar surface area (TPSA) is 69.2 Å². The van der Waals surface area contributed by atoms with Crippen LogP contribution in [0.4, 0.5) is 10.1 Å². The molecule has 5 heteroatoms. The number of rotatable bonds is 4. The first-order valence-corrected chi connectivity index (χ1v) is 5.54. The molecule has 0 saturated heterocycles. The van der Waals surface area contributed by atoms with E-state index in [0.29, 0.717) is 5.56 Å². The van der Waals surface area contributed by atoms with Crippen molar-refractivity contribution in [2.75, 3.05) is 0 Å². The molecule has 0 aromatic heterocycles. The minimum absolute atomic E-state index is 0.143. The number of benzene rings is 1. The molecule has 0 aliphatic heterocycles. The minimum atomic E-state index is -0.608. The number of nitro benzene ring substituents is 1. The molecular formula is C12H17FN2O2. The molecule has 0 saturated carbocycles. The van der Waals surface area contributed by atoms with E-state index in [9.17, 15) is 14.5 Å². The SMILES string of the molecule is CC(C)C(c1ccc([N+](=O)[O-])cc1F)C(C)N. The number of non-ortho nitro benzene ring substituents is 1. The highest BCUT2D eigenvalue weighted by atomic mass is 19.1. The Labute approximate surface area is 99.8 Å². The maximum absolute atomic E-state index is 13.8. The molecule has 94 valence electrons. The molecule has 0 spiro atoms. The van der Waals surface area contributed by atoms with Gasteiger partial charge in [-0.3, -0.25) is 10.1 Å². The van der Waals surface area contributed by atoms with E-state index in [1.165, 1.54) is 12.1 Å². The minimum Gasteiger partial charge on any atom is -0.327 e. The quantitative estimate of drug-likeness (QED) is 0.649. The molecule has 2 atom stereocenters. The van der Waals surface area contributed by atoms with Gasteiger partial charge < -0.3 is 5.73 Å². The van der Waals surface area contributed by atoms with Crippen LogP contribution in [-0.4, -0.2) is 11.0 Å². The summed E-state index contributed by atoms with van der Waals surface area (Å²) in [6, 6.07) is 3.52. The molecule has 4 nitrogen and oxygen atoms in total. The Balaban J connectivity index is 3.18. The van der Waals surface area contributed by atoms with Crippen molar-refractivity contribution in [1.29, 1.82) is 0 Å². The molecule has 17 heavy (non-hydrogen) atoms. The maximum atomic E-state index is 13.8. The van der Waals surface area contributed by atoms with Crippen LogP contribution in [0.25, 0.3) is 0 Å². The van der Waals surface area contributed by atoms with Crippen LogP contribution >= 0.6 is 0 Å². The van der Waals surface area contributed by atoms with Crippen LogP contribution in [0.15, 0.2) is 18.2 Å². The van der Waals surface area contributed by atoms with Crippen LogP contribution in [0.3, 0.4) is 0 Å². The third kappa shape index (κ3) is 3.00. The van der Waals surface area contributed by atoms with Gasteiger partial charge in [-0.25, -0.2) is 4.39 Å². The second-order valence-corrected chi connectivity index (χ2v) is 4.59. The van der Waals surface area contributed by atoms with E-state index in [2.05, 4.69) is 0 Å². The molecular weight excluding hydrogens is 223 g/mol. The van der Waals surface area contributed by atoms with Gasteiger partial charge in [0.15, 0.2) is 0 Å². The fraction of sp³-hybridized carbons (Fsp3) is 0.500. The van der Waals surface area contributed by atoms with Crippen molar-refractivity contribution in [1.82, 2.24) is 0 Å². The van der Waals surface area contributed by atoms with Gasteiger partial charge in [-0.05, 0) is 24.5 Å². The largest absolute Gasteiger partial charge is 0.327 e. The van der Waals surface area contributed by atoms with Gasteiger partial charge in [-0.1, -0.05) is 13.8 Å². The molecule has 1 aromatic rings. The monoisotopic (exact) mass is 240 g/mol. The lowest BCUT2D eigenvalue weighted by Crippen LogP contribution is -2.29. The van der Waals surface area contributed by atoms with Gasteiger partial charge in [0, 0.05) is 18.0 Å². The van der Waals surface area contributed by atoms with Crippen molar-refractivity contribution >= 4 is 5.69 Å². The number of hydrogen-bond acceptors (Lipinski definition) is 3. The number of nitrogens with zero attached hydrogens (tertiary/aromatic N) is 1. The Morgan fingerprint density at radius 1 is 1.35 bits per heavy atom. The molecule has 0 fully saturated rings. The van der Waals surface area contributed by atoms with Gasteiger partial charge in [0.1, 0.15) is 5.82 Å².